The molecular formula is C15H22N2O4. The molecule has 1 aromatic rings. The minimum absolute atomic E-state index is 0.0333. The molecule has 6 nitrogen and oxygen atoms in total. The smallest absolute Gasteiger partial charge is 0.412 e. The van der Waals surface area contributed by atoms with Crippen LogP contribution in [0, 0.1) is 0 Å². The quantitative estimate of drug-likeness (QED) is 0.746. The number of hydrogen-bond acceptors (Lipinski definition) is 5. The highest BCUT2D eigenvalue weighted by atomic mass is 16.6. The Morgan fingerprint density at radius 1 is 1.43 bits per heavy atom. The predicted octanol–water partition coefficient (Wildman–Crippen LogP) is 2.48. The van der Waals surface area contributed by atoms with Crippen LogP contribution in [-0.2, 0) is 4.74 Å². The lowest BCUT2D eigenvalue weighted by Gasteiger charge is -2.21. The second-order valence-corrected chi connectivity index (χ2v) is 6.04. The fourth-order valence-corrected chi connectivity index (χ4v) is 2.03. The SMILES string of the molecule is CC(C)(C)OC(=O)Nc1ccc(O)cc1OC1CCNC1. The van der Waals surface area contributed by atoms with Crippen LogP contribution in [0.1, 0.15) is 27.2 Å². The maximum Gasteiger partial charge on any atom is 0.412 e. The number of phenolic OH excluding ortho intramolecular Hbond substituents is 1. The Labute approximate surface area is 124 Å². The molecule has 1 heterocycles. The first-order valence-electron chi connectivity index (χ1n) is 7.04. The van der Waals surface area contributed by atoms with Gasteiger partial charge in [-0.25, -0.2) is 4.79 Å². The van der Waals surface area contributed by atoms with Crippen LogP contribution in [0.15, 0.2) is 18.2 Å². The topological polar surface area (TPSA) is 79.8 Å². The Bertz CT molecular complexity index is 505. The van der Waals surface area contributed by atoms with E-state index in [1.54, 1.807) is 26.8 Å². The standard InChI is InChI=1S/C15H22N2O4/c1-15(2,3)21-14(19)17-12-5-4-10(18)8-13(12)20-11-6-7-16-9-11/h4-5,8,11,16,18H,6-7,9H2,1-3H3,(H,17,19). The molecule has 3 N–H and O–H groups in total. The van der Waals surface area contributed by atoms with Gasteiger partial charge in [-0.3, -0.25) is 5.32 Å². The molecule has 6 heteroatoms. The third kappa shape index (κ3) is 4.82. The lowest BCUT2D eigenvalue weighted by Crippen LogP contribution is -2.27. The second kappa shape index (κ2) is 6.22. The minimum atomic E-state index is -0.572. The number of aromatic hydroxyl groups is 1. The highest BCUT2D eigenvalue weighted by Crippen LogP contribution is 2.30. The number of phenols is 1. The van der Waals surface area contributed by atoms with Crippen molar-refractivity contribution in [2.24, 2.45) is 0 Å². The summed E-state index contributed by atoms with van der Waals surface area (Å²) in [6, 6.07) is 4.58. The van der Waals surface area contributed by atoms with Crippen LogP contribution in [0.3, 0.4) is 0 Å². The summed E-state index contributed by atoms with van der Waals surface area (Å²) >= 11 is 0. The summed E-state index contributed by atoms with van der Waals surface area (Å²) < 4.78 is 11.0. The molecule has 116 valence electrons. The predicted molar refractivity (Wildman–Crippen MR) is 79.9 cm³/mol. The molecule has 0 bridgehead atoms. The van der Waals surface area contributed by atoms with Gasteiger partial charge in [-0.05, 0) is 45.9 Å². The molecule has 1 aliphatic heterocycles. The van der Waals surface area contributed by atoms with Crippen molar-refractivity contribution in [3.05, 3.63) is 18.2 Å². The Morgan fingerprint density at radius 3 is 2.81 bits per heavy atom. The zero-order valence-electron chi connectivity index (χ0n) is 12.6. The Balaban J connectivity index is 2.08. The molecule has 0 radical (unpaired) electrons. The molecule has 1 saturated heterocycles. The third-order valence-corrected chi connectivity index (χ3v) is 2.91. The molecule has 1 amide bonds. The van der Waals surface area contributed by atoms with E-state index in [9.17, 15) is 9.90 Å². The summed E-state index contributed by atoms with van der Waals surface area (Å²) in [4.78, 5) is 11.8. The highest BCUT2D eigenvalue weighted by molar-refractivity contribution is 5.87. The van der Waals surface area contributed by atoms with Crippen molar-refractivity contribution in [2.45, 2.75) is 38.9 Å². The summed E-state index contributed by atoms with van der Waals surface area (Å²) in [5, 5.41) is 15.4. The molecule has 1 atom stereocenters. The van der Waals surface area contributed by atoms with Gasteiger partial charge >= 0.3 is 6.09 Å². The van der Waals surface area contributed by atoms with Gasteiger partial charge in [0.2, 0.25) is 0 Å². The lowest BCUT2D eigenvalue weighted by molar-refractivity contribution is 0.0635. The van der Waals surface area contributed by atoms with Crippen molar-refractivity contribution in [1.29, 1.82) is 0 Å². The molecule has 2 rings (SSSR count). The molecule has 1 aromatic carbocycles. The van der Waals surface area contributed by atoms with E-state index in [2.05, 4.69) is 10.6 Å². The van der Waals surface area contributed by atoms with Gasteiger partial charge in [0.25, 0.3) is 0 Å². The van der Waals surface area contributed by atoms with Crippen LogP contribution < -0.4 is 15.4 Å². The molecule has 1 aliphatic rings. The molecule has 1 fully saturated rings. The van der Waals surface area contributed by atoms with Crippen molar-refractivity contribution in [2.75, 3.05) is 18.4 Å². The maximum absolute atomic E-state index is 11.8. The highest BCUT2D eigenvalue weighted by Gasteiger charge is 2.20. The summed E-state index contributed by atoms with van der Waals surface area (Å²) in [5.41, 5.74) is -0.0915. The molecule has 21 heavy (non-hydrogen) atoms. The Kier molecular flexibility index (Phi) is 4.57. The molecule has 1 unspecified atom stereocenters. The minimum Gasteiger partial charge on any atom is -0.508 e. The van der Waals surface area contributed by atoms with Crippen molar-refractivity contribution >= 4 is 11.8 Å². The number of nitrogens with one attached hydrogen (secondary N) is 2. The molecule has 0 aliphatic carbocycles. The monoisotopic (exact) mass is 294 g/mol. The number of hydrogen-bond donors (Lipinski definition) is 3. The van der Waals surface area contributed by atoms with E-state index in [0.29, 0.717) is 11.4 Å². The third-order valence-electron chi connectivity index (χ3n) is 2.91. The first-order chi connectivity index (χ1) is 9.83. The zero-order valence-corrected chi connectivity index (χ0v) is 12.6. The number of benzene rings is 1. The van der Waals surface area contributed by atoms with Gasteiger partial charge < -0.3 is 19.9 Å². The van der Waals surface area contributed by atoms with Crippen molar-refractivity contribution in [3.63, 3.8) is 0 Å². The average molecular weight is 294 g/mol. The van der Waals surface area contributed by atoms with Crippen LogP contribution in [-0.4, -0.2) is 36.0 Å². The van der Waals surface area contributed by atoms with Crippen LogP contribution in [0.25, 0.3) is 0 Å². The van der Waals surface area contributed by atoms with E-state index in [-0.39, 0.29) is 11.9 Å². The maximum atomic E-state index is 11.8. The van der Waals surface area contributed by atoms with Crippen LogP contribution in [0.2, 0.25) is 0 Å². The number of carbonyl (C=O) groups excluding carboxylic acids is 1. The first-order valence-corrected chi connectivity index (χ1v) is 7.04. The first kappa shape index (κ1) is 15.4. The van der Waals surface area contributed by atoms with E-state index in [4.69, 9.17) is 9.47 Å². The summed E-state index contributed by atoms with van der Waals surface area (Å²) in [6.07, 6.45) is 0.371. The number of carbonyl (C=O) groups is 1. The van der Waals surface area contributed by atoms with Gasteiger partial charge in [0.1, 0.15) is 23.2 Å². The van der Waals surface area contributed by atoms with E-state index in [0.717, 1.165) is 19.5 Å². The number of ether oxygens (including phenoxy) is 2. The number of amides is 1. The second-order valence-electron chi connectivity index (χ2n) is 6.04. The van der Waals surface area contributed by atoms with Crippen LogP contribution in [0.5, 0.6) is 11.5 Å². The largest absolute Gasteiger partial charge is 0.508 e. The zero-order chi connectivity index (χ0) is 15.5. The lowest BCUT2D eigenvalue weighted by atomic mass is 10.2. The Morgan fingerprint density at radius 2 is 2.19 bits per heavy atom. The van der Waals surface area contributed by atoms with E-state index < -0.39 is 11.7 Å². The summed E-state index contributed by atoms with van der Waals surface area (Å²) in [6.45, 7) is 7.04. The van der Waals surface area contributed by atoms with Gasteiger partial charge in [-0.15, -0.1) is 0 Å². The van der Waals surface area contributed by atoms with Crippen molar-refractivity contribution in [1.82, 2.24) is 5.32 Å². The van der Waals surface area contributed by atoms with Gasteiger partial charge in [-0.1, -0.05) is 0 Å². The van der Waals surface area contributed by atoms with E-state index in [1.165, 1.54) is 12.1 Å². The van der Waals surface area contributed by atoms with E-state index in [1.807, 2.05) is 0 Å². The van der Waals surface area contributed by atoms with Crippen LogP contribution in [0.4, 0.5) is 10.5 Å². The van der Waals surface area contributed by atoms with Gasteiger partial charge in [0.05, 0.1) is 5.69 Å². The fourth-order valence-electron chi connectivity index (χ4n) is 2.03. The number of rotatable bonds is 3. The molecule has 0 aromatic heterocycles. The molecule has 0 spiro atoms. The van der Waals surface area contributed by atoms with Crippen LogP contribution >= 0.6 is 0 Å². The van der Waals surface area contributed by atoms with Crippen molar-refractivity contribution in [3.8, 4) is 11.5 Å². The molecule has 0 saturated carbocycles. The Hall–Kier alpha value is -1.95. The van der Waals surface area contributed by atoms with Gasteiger partial charge in [0, 0.05) is 12.6 Å². The van der Waals surface area contributed by atoms with E-state index >= 15 is 0 Å². The van der Waals surface area contributed by atoms with Gasteiger partial charge in [-0.2, -0.15) is 0 Å². The average Bonchev–Trinajstić information content (AvgIpc) is 2.83. The van der Waals surface area contributed by atoms with Crippen molar-refractivity contribution < 1.29 is 19.4 Å². The summed E-state index contributed by atoms with van der Waals surface area (Å²) in [7, 11) is 0. The normalized spacial score (nSPS) is 18.3. The van der Waals surface area contributed by atoms with Gasteiger partial charge in [0.15, 0.2) is 0 Å². The summed E-state index contributed by atoms with van der Waals surface area (Å²) in [5.74, 6) is 0.528. The molecular weight excluding hydrogens is 272 g/mol. The fraction of sp³-hybridized carbons (Fsp3) is 0.533. The number of anilines is 1.